The van der Waals surface area contributed by atoms with Crippen molar-refractivity contribution < 1.29 is 60.8 Å². The number of aryl methyl sites for hydroxylation is 3. The Balaban J connectivity index is 0.000000137. The molecule has 143 heavy (non-hydrogen) atoms. The first-order valence-corrected chi connectivity index (χ1v) is 49.5. The molecule has 722 valence electrons. The van der Waals surface area contributed by atoms with Gasteiger partial charge in [0.2, 0.25) is 5.91 Å². The van der Waals surface area contributed by atoms with Crippen LogP contribution in [0.4, 0.5) is 33.0 Å². The van der Waals surface area contributed by atoms with E-state index in [1.807, 2.05) is 244 Å². The van der Waals surface area contributed by atoms with Crippen molar-refractivity contribution in [1.29, 1.82) is 0 Å². The highest BCUT2D eigenvalue weighted by Gasteiger charge is 2.22. The number of hydrogen-bond donors (Lipinski definition) is 4. The summed E-state index contributed by atoms with van der Waals surface area (Å²) in [4.78, 5) is 67.6. The number of nitrogens with one attached hydrogen (secondary N) is 3. The van der Waals surface area contributed by atoms with Crippen molar-refractivity contribution in [2.24, 2.45) is 4.99 Å². The minimum atomic E-state index is -3.71. The lowest BCUT2D eigenvalue weighted by molar-refractivity contribution is -0.114. The SMILES string of the molecule is CC(=O)Nc1ccc(S(=O)(=O)Nc2cccc3ccccc23)cc1.COc1ccc(OC)c(C(=O)c2ccc(C(=O)Cc3ccccc3OC)cc2)c1.Cc1cccc(C(=O)Nc2ccc(Br)cc2)c1.Fc1ccc(CCc2cccc(OCc3ccccc3)c2)cc1Cl.Oc1c(C=Nc2cccc3cccnc23)sc2ccccc12.c1ccc(COc2cccc(CN3CCN(c4ccccn4)CC3)c2)cc1. The number of piperazine rings is 1. The van der Waals surface area contributed by atoms with E-state index in [1.54, 1.807) is 104 Å². The van der Waals surface area contributed by atoms with Gasteiger partial charge in [-0.3, -0.25) is 38.8 Å². The normalized spacial score (nSPS) is 11.5. The van der Waals surface area contributed by atoms with Crippen LogP contribution in [0.15, 0.2) is 409 Å². The van der Waals surface area contributed by atoms with E-state index in [0.717, 1.165) is 138 Å². The number of carbonyl (C=O) groups is 4. The van der Waals surface area contributed by atoms with Crippen LogP contribution in [0.3, 0.4) is 0 Å². The molecule has 15 aromatic carbocycles. The van der Waals surface area contributed by atoms with Crippen LogP contribution in [0, 0.1) is 12.7 Å². The maximum absolute atomic E-state index is 13.2. The molecule has 20 nitrogen and oxygen atoms in total. The number of pyridine rings is 2. The van der Waals surface area contributed by atoms with Crippen molar-refractivity contribution in [2.45, 2.75) is 57.8 Å². The lowest BCUT2D eigenvalue weighted by Gasteiger charge is -2.35. The molecule has 0 bridgehead atoms. The number of fused-ring (bicyclic) bond motifs is 3. The van der Waals surface area contributed by atoms with Crippen molar-refractivity contribution in [3.63, 3.8) is 0 Å². The summed E-state index contributed by atoms with van der Waals surface area (Å²) in [7, 11) is 0.919. The van der Waals surface area contributed by atoms with E-state index < -0.39 is 10.0 Å². The maximum atomic E-state index is 13.2. The van der Waals surface area contributed by atoms with Crippen LogP contribution < -0.4 is 43.9 Å². The van der Waals surface area contributed by atoms with Crippen LogP contribution in [-0.2, 0) is 53.8 Å². The predicted molar refractivity (Wildman–Crippen MR) is 577 cm³/mol. The van der Waals surface area contributed by atoms with Gasteiger partial charge in [-0.2, -0.15) is 0 Å². The van der Waals surface area contributed by atoms with Crippen LogP contribution in [0.2, 0.25) is 5.02 Å². The molecule has 25 heteroatoms. The van der Waals surface area contributed by atoms with Gasteiger partial charge in [-0.25, -0.2) is 17.8 Å². The number of amides is 2. The van der Waals surface area contributed by atoms with Crippen molar-refractivity contribution in [1.82, 2.24) is 14.9 Å². The summed E-state index contributed by atoms with van der Waals surface area (Å²) < 4.78 is 70.6. The third-order valence-electron chi connectivity index (χ3n) is 22.8. The Labute approximate surface area is 849 Å². The van der Waals surface area contributed by atoms with E-state index >= 15 is 0 Å². The molecule has 2 amide bonds. The second kappa shape index (κ2) is 51.8. The number of nitrogens with zero attached hydrogens (tertiary/aromatic N) is 5. The van der Waals surface area contributed by atoms with Gasteiger partial charge in [0.25, 0.3) is 15.9 Å². The van der Waals surface area contributed by atoms with Gasteiger partial charge in [0, 0.05) is 124 Å². The van der Waals surface area contributed by atoms with Crippen LogP contribution in [0.1, 0.15) is 87.4 Å². The Morgan fingerprint density at radius 3 is 1.76 bits per heavy atom. The Hall–Kier alpha value is -16.0. The second-order valence-corrected chi connectivity index (χ2v) is 37.1. The molecule has 1 aliphatic heterocycles. The zero-order valence-electron chi connectivity index (χ0n) is 79.3. The number of rotatable bonds is 28. The first-order chi connectivity index (χ1) is 69.6. The molecule has 4 heterocycles. The number of aromatic hydroxyl groups is 1. The van der Waals surface area contributed by atoms with Crippen LogP contribution in [0.25, 0.3) is 31.8 Å². The van der Waals surface area contributed by atoms with Gasteiger partial charge in [-0.15, -0.1) is 11.3 Å². The average Bonchev–Trinajstić information content (AvgIpc) is 1.79. The molecule has 0 unspecified atom stereocenters. The highest BCUT2D eigenvalue weighted by atomic mass is 79.9. The van der Waals surface area contributed by atoms with Crippen molar-refractivity contribution in [3.05, 3.63) is 476 Å². The Kier molecular flexibility index (Phi) is 37.3. The van der Waals surface area contributed by atoms with E-state index in [-0.39, 0.29) is 51.3 Å². The fraction of sp³-hybridized carbons (Fsp3) is 0.127. The van der Waals surface area contributed by atoms with Gasteiger partial charge in [0.05, 0.1) is 58.6 Å². The number of para-hydroxylation sites is 2. The van der Waals surface area contributed by atoms with Crippen molar-refractivity contribution in [3.8, 4) is 34.5 Å². The Bertz CT molecular complexity index is 7470. The number of carbonyl (C=O) groups excluding carboxylic acids is 4. The Morgan fingerprint density at radius 2 is 1.09 bits per heavy atom. The third-order valence-corrected chi connectivity index (χ3v) is 26.1. The summed E-state index contributed by atoms with van der Waals surface area (Å²) in [5.74, 6) is 3.94. The smallest absolute Gasteiger partial charge is 0.261 e. The number of aromatic nitrogens is 2. The van der Waals surface area contributed by atoms with E-state index in [4.69, 9.17) is 35.3 Å². The van der Waals surface area contributed by atoms with E-state index in [1.165, 1.54) is 67.4 Å². The molecular weight excluding hydrogens is 1920 g/mol. The van der Waals surface area contributed by atoms with Crippen molar-refractivity contribution >= 4 is 139 Å². The molecule has 1 fully saturated rings. The topological polar surface area (TPSA) is 250 Å². The molecule has 18 aromatic rings. The molecule has 1 aliphatic rings. The van der Waals surface area contributed by atoms with Crippen LogP contribution >= 0.6 is 38.9 Å². The number of halogens is 3. The number of hydrogen-bond acceptors (Lipinski definition) is 18. The molecule has 0 saturated carbocycles. The summed E-state index contributed by atoms with van der Waals surface area (Å²) in [6, 6.07) is 119. The molecule has 0 atom stereocenters. The van der Waals surface area contributed by atoms with Crippen molar-refractivity contribution in [2.75, 3.05) is 67.8 Å². The number of anilines is 4. The second-order valence-electron chi connectivity index (χ2n) is 33.0. The molecule has 4 N–H and O–H groups in total. The molecule has 3 aromatic heterocycles. The number of thiophene rings is 1. The predicted octanol–water partition coefficient (Wildman–Crippen LogP) is 26.7. The summed E-state index contributed by atoms with van der Waals surface area (Å²) in [6.45, 7) is 9.60. The number of sulfonamides is 1. The number of benzene rings is 15. The molecule has 0 spiro atoms. The number of ketones is 2. The standard InChI is InChI=1S/C24H22O5.C23H25N3O.C21H18ClFO.C18H16N2O3S.C18H12N2OS.C14H12BrNO/c1-27-19-12-13-23(29-3)20(15-19)24(26)17-10-8-16(9-11-17)21(25)14-18-6-4-5-7-22(18)28-2;1-2-7-20(8-3-1)19-27-22-10-6-9-21(17-22)18-25-13-15-26(16-14-25)23-11-4-5-12-24-23;22-20-14-17(11-12-21(20)23)10-9-16-7-4-8-19(13-16)24-15-18-5-2-1-3-6-18;1-13(21)19-15-9-11-16(12-10-15)24(22,23)20-18-8-4-6-14-5-2-3-7-17(14)18;21-18-13-7-1-2-9-15(13)22-16(18)11-20-14-8-3-5-12-6-4-10-19-17(12)14;1-10-3-2-4-11(9-10)14(17)16-13-7-5-12(15)6-8-13/h4-13,15H,14H2,1-3H3;1-12,17H,13-16,18-19H2;1-8,11-14H,9-10,15H2;2-12,20H,1H3,(H,19,21);1-11,21H;2-9H,1H3,(H,16,17). The summed E-state index contributed by atoms with van der Waals surface area (Å²) >= 11 is 10.7. The monoisotopic (exact) mass is 2020 g/mol. The molecule has 19 rings (SSSR count). The number of Topliss-reactive ketones (excluding diaryl/α,β-unsaturated/α-hetero) is 1. The van der Waals surface area contributed by atoms with Crippen LogP contribution in [0.5, 0.6) is 34.5 Å². The highest BCUT2D eigenvalue weighted by molar-refractivity contribution is 9.10. The van der Waals surface area contributed by atoms with Crippen LogP contribution in [-0.4, -0.2) is 105 Å². The first-order valence-electron chi connectivity index (χ1n) is 46.0. The molecule has 0 radical (unpaired) electrons. The number of aliphatic imine (C=N–C) groups is 1. The van der Waals surface area contributed by atoms with Gasteiger partial charge < -0.3 is 44.3 Å². The van der Waals surface area contributed by atoms with Gasteiger partial charge >= 0.3 is 0 Å². The summed E-state index contributed by atoms with van der Waals surface area (Å²) in [6.07, 6.45) is 7.22. The zero-order valence-corrected chi connectivity index (χ0v) is 83.3. The lowest BCUT2D eigenvalue weighted by Crippen LogP contribution is -2.46. The van der Waals surface area contributed by atoms with E-state index in [9.17, 15) is 37.1 Å². The fourth-order valence-corrected chi connectivity index (χ4v) is 17.9. The number of methoxy groups -OCH3 is 3. The van der Waals surface area contributed by atoms with E-state index in [2.05, 4.69) is 105 Å². The van der Waals surface area contributed by atoms with Gasteiger partial charge in [0.15, 0.2) is 11.6 Å². The zero-order chi connectivity index (χ0) is 100. The third kappa shape index (κ3) is 30.3. The van der Waals surface area contributed by atoms with Gasteiger partial charge in [0.1, 0.15) is 59.3 Å². The molecule has 1 saturated heterocycles. The van der Waals surface area contributed by atoms with Gasteiger partial charge in [-0.05, 0) is 217 Å². The Morgan fingerprint density at radius 1 is 0.510 bits per heavy atom. The fourth-order valence-electron chi connectivity index (χ4n) is 15.4. The summed E-state index contributed by atoms with van der Waals surface area (Å²) in [5, 5.41) is 19.6. The largest absolute Gasteiger partial charge is 0.506 e. The minimum absolute atomic E-state index is 0.0486. The number of ether oxygens (including phenoxy) is 5. The quantitative estimate of drug-likeness (QED) is 0.0263. The minimum Gasteiger partial charge on any atom is -0.506 e. The highest BCUT2D eigenvalue weighted by Crippen LogP contribution is 2.37. The molecule has 0 aliphatic carbocycles. The van der Waals surface area contributed by atoms with E-state index in [0.29, 0.717) is 64.1 Å². The first kappa shape index (κ1) is 103. The maximum Gasteiger partial charge on any atom is 0.261 e. The van der Waals surface area contributed by atoms with Gasteiger partial charge in [-0.1, -0.05) is 251 Å². The average molecular weight is 2030 g/mol. The molecular formula is C118H105BrClFN8O12S2. The summed E-state index contributed by atoms with van der Waals surface area (Å²) in [5.41, 5.74) is 13.3. The lowest BCUT2D eigenvalue weighted by atomic mass is 9.98.